The van der Waals surface area contributed by atoms with Gasteiger partial charge in [-0.25, -0.2) is 19.2 Å². The number of nitrogens with zero attached hydrogens (tertiary/aromatic N) is 3. The number of nitrogens with two attached hydrogens (primary N) is 1. The van der Waals surface area contributed by atoms with Crippen LogP contribution in [-0.4, -0.2) is 132 Å². The molecular weight excluding hydrogens is 1330 g/mol. The molecule has 488 valence electrons. The van der Waals surface area contributed by atoms with Crippen molar-refractivity contribution in [2.24, 2.45) is 41.2 Å². The van der Waals surface area contributed by atoms with Gasteiger partial charge in [-0.05, 0) is 92.7 Å². The number of carbonyl (C=O) groups excluding carboxylic acids is 5. The lowest BCUT2D eigenvalue weighted by atomic mass is 10.0. The van der Waals surface area contributed by atoms with Crippen molar-refractivity contribution in [1.82, 2.24) is 10.6 Å². The Morgan fingerprint density at radius 3 is 1.40 bits per heavy atom. The summed E-state index contributed by atoms with van der Waals surface area (Å²) in [5.41, 5.74) is 19.2. The number of aliphatic hydroxyl groups is 1. The highest BCUT2D eigenvalue weighted by molar-refractivity contribution is 8.51. The Morgan fingerprint density at radius 2 is 1.09 bits per heavy atom. The average Bonchev–Trinajstić information content (AvgIpc) is 4.40. The van der Waals surface area contributed by atoms with Crippen molar-refractivity contribution >= 4 is 161 Å². The normalized spacial score (nSPS) is 16.7. The number of carbonyl (C=O) groups is 7. The zero-order valence-corrected chi connectivity index (χ0v) is 57.6. The highest BCUT2D eigenvalue weighted by Crippen LogP contribution is 2.30. The third-order valence-electron chi connectivity index (χ3n) is 11.5. The van der Waals surface area contributed by atoms with Gasteiger partial charge in [0.1, 0.15) is 31.6 Å². The monoisotopic (exact) mass is 1410 g/mol. The van der Waals surface area contributed by atoms with Gasteiger partial charge in [-0.3, -0.25) is 24.5 Å². The molecule has 1 aromatic rings. The summed E-state index contributed by atoms with van der Waals surface area (Å²) in [5.74, 6) is -1.23. The van der Waals surface area contributed by atoms with Crippen LogP contribution in [0.25, 0.3) is 5.53 Å². The fourth-order valence-corrected chi connectivity index (χ4v) is 5.78. The second-order valence-corrected chi connectivity index (χ2v) is 23.5. The summed E-state index contributed by atoms with van der Waals surface area (Å²) in [7, 11) is 3.26. The SMILES string of the molecule is CC1=CC1CO.CC1=CC1COC(=O)NCCCC[C@H](C)C(=O)O.CC1=CC1COC(=O)NCCCC[C@H](N)C(=O)O.CC1=CC1COC(=O)Oc1ccc([N+](=O)[O-])cc1.CCOC(=O)C1C=C1C.CCOC(=O)C=[N+]=[N-].S.S=S.S=S=S.S=S=S=S. The smallest absolute Gasteiger partial charge is 0.481 e. The van der Waals surface area contributed by atoms with Crippen molar-refractivity contribution < 1.29 is 87.0 Å². The van der Waals surface area contributed by atoms with Crippen molar-refractivity contribution in [2.45, 2.75) is 100.0 Å². The molecule has 0 fully saturated rings. The van der Waals surface area contributed by atoms with Crippen molar-refractivity contribution in [3.63, 3.8) is 0 Å². The van der Waals surface area contributed by atoms with Gasteiger partial charge in [0.2, 0.25) is 0 Å². The highest BCUT2D eigenvalue weighted by Gasteiger charge is 2.29. The van der Waals surface area contributed by atoms with Gasteiger partial charge in [0.15, 0.2) is 0 Å². The predicted molar refractivity (Wildman–Crippen MR) is 357 cm³/mol. The number of ether oxygens (including phenoxy) is 6. The van der Waals surface area contributed by atoms with Crippen LogP contribution in [0, 0.1) is 45.6 Å². The van der Waals surface area contributed by atoms with Gasteiger partial charge in [-0.1, -0.05) is 71.6 Å². The van der Waals surface area contributed by atoms with Crippen LogP contribution in [0.3, 0.4) is 0 Å². The van der Waals surface area contributed by atoms with E-state index >= 15 is 0 Å². The molecule has 7 atom stereocenters. The first kappa shape index (κ1) is 88.1. The number of carboxylic acid groups (broad SMARTS) is 2. The number of hydrogen-bond acceptors (Lipinski definition) is 23. The first-order valence-corrected chi connectivity index (χ1v) is 34.1. The van der Waals surface area contributed by atoms with Crippen LogP contribution in [0.15, 0.2) is 82.5 Å². The zero-order chi connectivity index (χ0) is 66.2. The number of nitrogens with one attached hydrogen (secondary N) is 2. The fraction of sp³-hybridized carbons (Fsp3) is 0.547. The van der Waals surface area contributed by atoms with Crippen LogP contribution < -0.4 is 21.1 Å². The van der Waals surface area contributed by atoms with Crippen LogP contribution in [0.1, 0.15) is 93.9 Å². The number of aliphatic carboxylic acids is 2. The lowest BCUT2D eigenvalue weighted by Crippen LogP contribution is -2.30. The number of amides is 2. The third-order valence-corrected chi connectivity index (χ3v) is 13.7. The van der Waals surface area contributed by atoms with Crippen LogP contribution in [-0.2, 0) is 137 Å². The van der Waals surface area contributed by atoms with Crippen LogP contribution in [0.2, 0.25) is 0 Å². The Hall–Kier alpha value is -5.36. The van der Waals surface area contributed by atoms with E-state index < -0.39 is 47.2 Å². The van der Waals surface area contributed by atoms with Crippen LogP contribution in [0.4, 0.5) is 20.1 Å². The number of carboxylic acids is 2. The lowest BCUT2D eigenvalue weighted by molar-refractivity contribution is -0.384. The number of rotatable bonds is 25. The maximum Gasteiger partial charge on any atom is 0.513 e. The standard InChI is InChI=1S/C13H21NO4.C12H20N2O4.C12H11NO5.C7H10O2.C5H8O.C4H6N2O2.S4.S3.S2.H2S/c1-9(12(15)16)5-3-4-6-14-13(17)18-8-11-7-10(11)2;1-8-6-9(8)7-18-12(17)14-5-3-2-4-10(13)11(15)16;1-8-6-9(8)7-17-12(14)18-11-4-2-10(3-5-11)13(15)16;1-3-9-7(8)6-4-5(6)2;1-4-2-5(4)3-6;1-2-8-4(7)3-6-5;1-3-4-2;1-3-2;1-2;/h7,9,11H,3-6,8H2,1-2H3,(H,14,17)(H,15,16);6,9-10H,2-5,7,13H2,1H3,(H,14,17)(H,15,16);2-6,9H,7H2,1H3;4,6H,3H2,1-2H3;2,5-6H,3H2,1H3;3H,2H2,1H3;;;;1H2/t9-,11?;9?,10-;;;;;;;;/m00......../s1. The molecule has 87 heavy (non-hydrogen) atoms. The molecule has 0 aliphatic heterocycles. The molecule has 24 nitrogen and oxygen atoms in total. The van der Waals surface area contributed by atoms with Crippen molar-refractivity contribution in [1.29, 1.82) is 0 Å². The van der Waals surface area contributed by atoms with Gasteiger partial charge >= 0.3 is 48.4 Å². The molecule has 1 aromatic carbocycles. The number of hydrogen-bond donors (Lipinski definition) is 6. The Morgan fingerprint density at radius 1 is 0.690 bits per heavy atom. The lowest BCUT2D eigenvalue weighted by Gasteiger charge is -2.08. The van der Waals surface area contributed by atoms with Gasteiger partial charge < -0.3 is 65.6 Å². The highest BCUT2D eigenvalue weighted by atomic mass is 33.2. The van der Waals surface area contributed by atoms with Crippen molar-refractivity contribution in [3.05, 3.63) is 98.2 Å². The molecule has 5 aliphatic rings. The van der Waals surface area contributed by atoms with E-state index in [4.69, 9.17) is 50.3 Å². The molecule has 6 rings (SSSR count). The van der Waals surface area contributed by atoms with Gasteiger partial charge in [0, 0.05) is 143 Å². The summed E-state index contributed by atoms with van der Waals surface area (Å²) < 4.78 is 28.8. The summed E-state index contributed by atoms with van der Waals surface area (Å²) in [5, 5.41) is 41.2. The molecule has 5 unspecified atom stereocenters. The first-order chi connectivity index (χ1) is 40.8. The number of esters is 2. The van der Waals surface area contributed by atoms with E-state index in [9.17, 15) is 43.7 Å². The van der Waals surface area contributed by atoms with E-state index in [2.05, 4.69) is 99.4 Å². The summed E-state index contributed by atoms with van der Waals surface area (Å²) in [6.07, 6.45) is 13.1. The largest absolute Gasteiger partial charge is 0.513 e. The summed E-state index contributed by atoms with van der Waals surface area (Å²) in [4.78, 5) is 87.9. The maximum absolute atomic E-state index is 11.3. The molecule has 2 amide bonds. The second-order valence-electron chi connectivity index (χ2n) is 18.2. The van der Waals surface area contributed by atoms with E-state index in [-0.39, 0.29) is 55.3 Å². The minimum Gasteiger partial charge on any atom is -0.481 e. The number of nitro groups is 1. The quantitative estimate of drug-likeness (QED) is 0.00532. The molecule has 0 radical (unpaired) electrons. The number of alkyl carbamates (subject to hydrolysis) is 2. The number of unbranched alkanes of at least 4 members (excludes halogenated alkanes) is 2. The molecule has 0 bridgehead atoms. The first-order valence-electron chi connectivity index (χ1n) is 26.1. The van der Waals surface area contributed by atoms with Crippen molar-refractivity contribution in [3.8, 4) is 5.75 Å². The summed E-state index contributed by atoms with van der Waals surface area (Å²) in [6.45, 7) is 18.3. The predicted octanol–water partition coefficient (Wildman–Crippen LogP) is 7.36. The van der Waals surface area contributed by atoms with Crippen LogP contribution >= 0.6 is 13.5 Å². The fourth-order valence-electron chi connectivity index (χ4n) is 5.78. The molecule has 0 saturated heterocycles. The van der Waals surface area contributed by atoms with E-state index in [0.29, 0.717) is 95.8 Å². The molecule has 5 aliphatic carbocycles. The molecule has 7 N–H and O–H groups in total. The Labute approximate surface area is 552 Å². The number of aliphatic hydroxyl groups excluding tert-OH is 1. The zero-order valence-electron chi connectivity index (χ0n) is 49.3. The van der Waals surface area contributed by atoms with Gasteiger partial charge in [0.05, 0.1) is 36.6 Å². The number of nitro benzene ring substituents is 1. The van der Waals surface area contributed by atoms with Gasteiger partial charge in [0.25, 0.3) is 5.69 Å². The van der Waals surface area contributed by atoms with E-state index in [0.717, 1.165) is 27.3 Å². The van der Waals surface area contributed by atoms with Crippen molar-refractivity contribution in [2.75, 3.05) is 52.7 Å². The topological polar surface area (TPSA) is 365 Å². The molecule has 0 spiro atoms. The summed E-state index contributed by atoms with van der Waals surface area (Å²) in [6, 6.07) is 4.39. The molecule has 0 aromatic heterocycles. The maximum atomic E-state index is 11.3. The van der Waals surface area contributed by atoms with Gasteiger partial charge in [-0.2, -0.15) is 18.3 Å². The molecular formula is C53H78N6O18S10. The van der Waals surface area contributed by atoms with E-state index in [1.807, 2.05) is 59.8 Å². The number of non-ortho nitro benzene ring substituents is 1. The van der Waals surface area contributed by atoms with Gasteiger partial charge in [-0.15, -0.1) is 0 Å². The minimum absolute atomic E-state index is 0. The van der Waals surface area contributed by atoms with E-state index in [1.54, 1.807) is 13.8 Å². The van der Waals surface area contributed by atoms with E-state index in [1.165, 1.54) is 64.3 Å². The average molecular weight is 1410 g/mol. The third kappa shape index (κ3) is 52.3. The van der Waals surface area contributed by atoms with Crippen LogP contribution in [0.5, 0.6) is 5.75 Å². The summed E-state index contributed by atoms with van der Waals surface area (Å²) >= 11 is 24.2. The molecule has 0 heterocycles. The molecule has 0 saturated carbocycles. The number of benzene rings is 1. The second kappa shape index (κ2) is 54.8. The minimum atomic E-state index is -0.991. The Balaban J connectivity index is -0.000000476. The Bertz CT molecular complexity index is 2600. The molecule has 34 heteroatoms. The Kier molecular flexibility index (Phi) is 55.4.